The number of benzene rings is 1. The molecule has 1 aromatic carbocycles. The third-order valence-corrected chi connectivity index (χ3v) is 7.34. The number of fused-ring (bicyclic) bond motifs is 2. The van der Waals surface area contributed by atoms with Gasteiger partial charge in [-0.2, -0.15) is 9.47 Å². The molecule has 1 atom stereocenters. The first kappa shape index (κ1) is 27.5. The average Bonchev–Trinajstić information content (AvgIpc) is 3.65. The van der Waals surface area contributed by atoms with Gasteiger partial charge in [-0.25, -0.2) is 9.78 Å². The van der Waals surface area contributed by atoms with Crippen LogP contribution in [0, 0.1) is 11.8 Å². The summed E-state index contributed by atoms with van der Waals surface area (Å²) in [5, 5.41) is 8.68. The molecule has 2 N–H and O–H groups in total. The molecule has 1 aliphatic heterocycles. The first-order chi connectivity index (χ1) is 19.1. The predicted molar refractivity (Wildman–Crippen MR) is 159 cm³/mol. The molecule has 1 aliphatic rings. The minimum absolute atomic E-state index is 0.110. The number of nitrogens with two attached hydrogens (primary N) is 1. The highest BCUT2D eigenvalue weighted by Gasteiger charge is 2.33. The lowest BCUT2D eigenvalue weighted by molar-refractivity contribution is 0.0288. The van der Waals surface area contributed by atoms with Crippen LogP contribution in [-0.2, 0) is 9.47 Å². The Hall–Kier alpha value is -4.10. The molecule has 40 heavy (non-hydrogen) atoms. The number of likely N-dealkylation sites (tertiary alicyclic amines) is 1. The number of nitrogens with zero attached hydrogens (tertiary/aromatic N) is 5. The predicted octanol–water partition coefficient (Wildman–Crippen LogP) is 5.99. The maximum absolute atomic E-state index is 12.8. The summed E-state index contributed by atoms with van der Waals surface area (Å²) in [7, 11) is 0. The molecule has 3 aromatic heterocycles. The highest BCUT2D eigenvalue weighted by molar-refractivity contribution is 7.04. The molecular weight excluding hydrogens is 524 g/mol. The summed E-state index contributed by atoms with van der Waals surface area (Å²) in [5.74, 6) is 7.28. The standard InChI is InChI=1S/C30H34N6O3S/c1-6-7-14-38-19(2)23-16-32-28(31)26-24(11-9-20-8-10-21-18-40-34-25(21)15-20)33-36(27(23)26)22-12-13-35(17-22)29(37)39-30(3,4)5/h8,10,15-16,18,22H,2,6-7,12-14,17H2,1,3-5H3,(H2,31,32)/t22-/m0/s1. The third-order valence-electron chi connectivity index (χ3n) is 6.68. The first-order valence-corrected chi connectivity index (χ1v) is 14.3. The molecule has 1 fully saturated rings. The van der Waals surface area contributed by atoms with Crippen LogP contribution in [0.25, 0.3) is 27.6 Å². The minimum atomic E-state index is -0.571. The van der Waals surface area contributed by atoms with Crippen LogP contribution >= 0.6 is 11.5 Å². The molecule has 1 saturated heterocycles. The highest BCUT2D eigenvalue weighted by Crippen LogP contribution is 2.35. The number of hydrogen-bond acceptors (Lipinski definition) is 8. The van der Waals surface area contributed by atoms with Crippen LogP contribution < -0.4 is 5.73 Å². The molecule has 4 heterocycles. The van der Waals surface area contributed by atoms with Crippen LogP contribution in [0.3, 0.4) is 0 Å². The Kier molecular flexibility index (Phi) is 7.68. The van der Waals surface area contributed by atoms with Gasteiger partial charge in [-0.3, -0.25) is 4.68 Å². The van der Waals surface area contributed by atoms with Crippen molar-refractivity contribution in [2.75, 3.05) is 25.4 Å². The fourth-order valence-corrected chi connectivity index (χ4v) is 5.31. The minimum Gasteiger partial charge on any atom is -0.493 e. The largest absolute Gasteiger partial charge is 0.493 e. The van der Waals surface area contributed by atoms with E-state index < -0.39 is 5.60 Å². The second kappa shape index (κ2) is 11.2. The lowest BCUT2D eigenvalue weighted by atomic mass is 10.1. The second-order valence-corrected chi connectivity index (χ2v) is 11.5. The van der Waals surface area contributed by atoms with Gasteiger partial charge in [0.2, 0.25) is 0 Å². The van der Waals surface area contributed by atoms with Gasteiger partial charge in [0.05, 0.1) is 34.6 Å². The van der Waals surface area contributed by atoms with Crippen molar-refractivity contribution in [1.29, 1.82) is 0 Å². The Morgan fingerprint density at radius 3 is 2.90 bits per heavy atom. The van der Waals surface area contributed by atoms with E-state index in [0.29, 0.717) is 54.3 Å². The molecule has 0 spiro atoms. The summed E-state index contributed by atoms with van der Waals surface area (Å²) in [6, 6.07) is 5.83. The summed E-state index contributed by atoms with van der Waals surface area (Å²) in [5.41, 5.74) is 9.58. The number of carbonyl (C=O) groups excluding carboxylic acids is 1. The number of unbranched alkanes of at least 4 members (excludes halogenated alkanes) is 1. The van der Waals surface area contributed by atoms with E-state index in [-0.39, 0.29) is 12.1 Å². The number of anilines is 1. The molecule has 1 amide bonds. The normalized spacial score (nSPS) is 15.3. The second-order valence-electron chi connectivity index (χ2n) is 10.9. The smallest absolute Gasteiger partial charge is 0.410 e. The van der Waals surface area contributed by atoms with E-state index in [0.717, 1.165) is 34.8 Å². The van der Waals surface area contributed by atoms with Crippen molar-refractivity contribution >= 4 is 51.0 Å². The van der Waals surface area contributed by atoms with E-state index in [1.807, 2.05) is 49.0 Å². The Labute approximate surface area is 238 Å². The van der Waals surface area contributed by atoms with Gasteiger partial charge in [0, 0.05) is 35.6 Å². The van der Waals surface area contributed by atoms with Crippen molar-refractivity contribution in [3.8, 4) is 11.8 Å². The van der Waals surface area contributed by atoms with Crippen molar-refractivity contribution in [3.05, 3.63) is 53.2 Å². The molecule has 0 bridgehead atoms. The van der Waals surface area contributed by atoms with Crippen LogP contribution in [0.5, 0.6) is 0 Å². The fraction of sp³-hybridized carbons (Fsp3) is 0.400. The zero-order chi connectivity index (χ0) is 28.4. The molecule has 10 heteroatoms. The number of nitrogen functional groups attached to an aromatic ring is 1. The summed E-state index contributed by atoms with van der Waals surface area (Å²) in [4.78, 5) is 19.0. The van der Waals surface area contributed by atoms with Gasteiger partial charge in [0.15, 0.2) is 0 Å². The van der Waals surface area contributed by atoms with Crippen molar-refractivity contribution in [1.82, 2.24) is 24.0 Å². The molecule has 0 unspecified atom stereocenters. The van der Waals surface area contributed by atoms with Gasteiger partial charge in [-0.15, -0.1) is 0 Å². The van der Waals surface area contributed by atoms with Crippen LogP contribution in [-0.4, -0.2) is 55.4 Å². The highest BCUT2D eigenvalue weighted by atomic mass is 32.1. The maximum atomic E-state index is 12.8. The molecule has 9 nitrogen and oxygen atoms in total. The number of hydrogen-bond donors (Lipinski definition) is 1. The molecular formula is C30H34N6O3S. The monoisotopic (exact) mass is 558 g/mol. The zero-order valence-corrected chi connectivity index (χ0v) is 24.2. The van der Waals surface area contributed by atoms with Crippen LogP contribution in [0.4, 0.5) is 10.6 Å². The Bertz CT molecular complexity index is 1640. The van der Waals surface area contributed by atoms with Gasteiger partial charge >= 0.3 is 6.09 Å². The SMILES string of the molecule is C=C(OCCCC)c1cnc(N)c2c(C#Cc3ccc4csnc4c3)nn([C@H]3CCN(C(=O)OC(C)(C)C)C3)c12. The lowest BCUT2D eigenvalue weighted by Crippen LogP contribution is -2.35. The molecule has 0 radical (unpaired) electrons. The summed E-state index contributed by atoms with van der Waals surface area (Å²) < 4.78 is 17.9. The number of amides is 1. The van der Waals surface area contributed by atoms with Crippen molar-refractivity contribution in [2.24, 2.45) is 0 Å². The van der Waals surface area contributed by atoms with E-state index in [1.165, 1.54) is 11.5 Å². The summed E-state index contributed by atoms with van der Waals surface area (Å²) in [6.45, 7) is 13.4. The van der Waals surface area contributed by atoms with E-state index in [9.17, 15) is 4.79 Å². The Balaban J connectivity index is 1.56. The van der Waals surface area contributed by atoms with Gasteiger partial charge in [-0.05, 0) is 63.2 Å². The third kappa shape index (κ3) is 5.75. The maximum Gasteiger partial charge on any atom is 0.410 e. The zero-order valence-electron chi connectivity index (χ0n) is 23.4. The quantitative estimate of drug-likeness (QED) is 0.176. The van der Waals surface area contributed by atoms with Crippen molar-refractivity contribution in [2.45, 2.75) is 58.6 Å². The molecule has 4 aromatic rings. The molecule has 208 valence electrons. The lowest BCUT2D eigenvalue weighted by Gasteiger charge is -2.24. The van der Waals surface area contributed by atoms with Crippen molar-refractivity contribution < 1.29 is 14.3 Å². The Morgan fingerprint density at radius 2 is 2.12 bits per heavy atom. The van der Waals surface area contributed by atoms with Crippen LogP contribution in [0.15, 0.2) is 36.4 Å². The number of pyridine rings is 1. The number of rotatable bonds is 6. The summed E-state index contributed by atoms with van der Waals surface area (Å²) in [6.07, 6.45) is 3.97. The first-order valence-electron chi connectivity index (χ1n) is 13.5. The molecule has 0 saturated carbocycles. The number of carbonyl (C=O) groups is 1. The number of aromatic nitrogens is 4. The molecule has 0 aliphatic carbocycles. The number of ether oxygens (including phenoxy) is 2. The van der Waals surface area contributed by atoms with Gasteiger partial charge in [0.25, 0.3) is 0 Å². The summed E-state index contributed by atoms with van der Waals surface area (Å²) >= 11 is 1.42. The van der Waals surface area contributed by atoms with Crippen LogP contribution in [0.1, 0.15) is 69.8 Å². The van der Waals surface area contributed by atoms with Gasteiger partial charge < -0.3 is 20.1 Å². The Morgan fingerprint density at radius 1 is 1.30 bits per heavy atom. The van der Waals surface area contributed by atoms with E-state index in [4.69, 9.17) is 20.3 Å². The molecule has 5 rings (SSSR count). The van der Waals surface area contributed by atoms with Crippen molar-refractivity contribution in [3.63, 3.8) is 0 Å². The van der Waals surface area contributed by atoms with E-state index >= 15 is 0 Å². The van der Waals surface area contributed by atoms with Gasteiger partial charge in [-0.1, -0.05) is 31.9 Å². The van der Waals surface area contributed by atoms with E-state index in [2.05, 4.69) is 34.7 Å². The van der Waals surface area contributed by atoms with E-state index in [1.54, 1.807) is 11.1 Å². The topological polar surface area (TPSA) is 108 Å². The fourth-order valence-electron chi connectivity index (χ4n) is 4.67. The van der Waals surface area contributed by atoms with Gasteiger partial charge in [0.1, 0.15) is 22.9 Å². The van der Waals surface area contributed by atoms with Crippen LogP contribution in [0.2, 0.25) is 0 Å². The average molecular weight is 559 g/mol.